The van der Waals surface area contributed by atoms with E-state index in [1.165, 1.54) is 12.1 Å². The van der Waals surface area contributed by atoms with Crippen molar-refractivity contribution in [1.29, 1.82) is 0 Å². The van der Waals surface area contributed by atoms with Crippen LogP contribution < -0.4 is 4.74 Å². The van der Waals surface area contributed by atoms with Crippen LogP contribution in [-0.4, -0.2) is 15.5 Å². The molecule has 4 nitrogen and oxygen atoms in total. The van der Waals surface area contributed by atoms with Crippen molar-refractivity contribution in [2.45, 2.75) is 98.1 Å². The molecular formula is C37H46O4S2. The highest BCUT2D eigenvalue weighted by Gasteiger charge is 2.39. The summed E-state index contributed by atoms with van der Waals surface area (Å²) in [7, 11) is -5.43. The molecule has 0 N–H and O–H groups in total. The average molecular weight is 619 g/mol. The van der Waals surface area contributed by atoms with Gasteiger partial charge in [0.1, 0.15) is 5.75 Å². The number of methoxy groups -OCH3 is 1. The number of ether oxygens (including phenoxy) is 1. The van der Waals surface area contributed by atoms with Crippen molar-refractivity contribution in [3.05, 3.63) is 114 Å². The predicted molar refractivity (Wildman–Crippen MR) is 179 cm³/mol. The van der Waals surface area contributed by atoms with E-state index < -0.39 is 20.4 Å². The van der Waals surface area contributed by atoms with Crippen LogP contribution in [0.25, 0.3) is 0 Å². The average Bonchev–Trinajstić information content (AvgIpc) is 2.95. The minimum Gasteiger partial charge on any atom is -0.497 e. The lowest BCUT2D eigenvalue weighted by Gasteiger charge is -2.40. The Morgan fingerprint density at radius 1 is 0.442 bits per heavy atom. The summed E-state index contributed by atoms with van der Waals surface area (Å²) in [5, 5.41) is 0. The van der Waals surface area contributed by atoms with Gasteiger partial charge in [0.15, 0.2) is 0 Å². The van der Waals surface area contributed by atoms with Gasteiger partial charge in [-0.05, 0) is 104 Å². The molecule has 4 rings (SSSR count). The van der Waals surface area contributed by atoms with E-state index in [0.717, 1.165) is 31.4 Å². The molecule has 230 valence electrons. The first-order valence-corrected chi connectivity index (χ1v) is 17.6. The second kappa shape index (κ2) is 11.8. The van der Waals surface area contributed by atoms with Crippen LogP contribution in [0.5, 0.6) is 5.75 Å². The standard InChI is InChI=1S/C37H46O4S2/c1-35(2,3)27-11-19-31(20-12-27)42(32-21-13-28(14-22-32)36(4,5)6,33-23-15-29(16-24-33)37(7,8)9)41-43(38,39)34-25-17-30(40-10)18-26-34/h11-26H,1-10H3. The van der Waals surface area contributed by atoms with Crippen LogP contribution in [0.2, 0.25) is 0 Å². The molecule has 0 aromatic heterocycles. The Morgan fingerprint density at radius 2 is 0.721 bits per heavy atom. The molecular weight excluding hydrogens is 573 g/mol. The zero-order chi connectivity index (χ0) is 31.8. The maximum atomic E-state index is 14.2. The molecule has 0 aliphatic carbocycles. The summed E-state index contributed by atoms with van der Waals surface area (Å²) in [6, 6.07) is 31.1. The normalized spacial score (nSPS) is 13.5. The van der Waals surface area contributed by atoms with E-state index in [2.05, 4.69) is 98.7 Å². The summed E-state index contributed by atoms with van der Waals surface area (Å²) in [6.45, 7) is 19.5. The SMILES string of the molecule is COc1ccc(S(=O)(=O)OS(c2ccc(C(C)(C)C)cc2)(c2ccc(C(C)(C)C)cc2)c2ccc(C(C)(C)C)cc2)cc1. The van der Waals surface area contributed by atoms with Gasteiger partial charge in [-0.1, -0.05) is 98.7 Å². The molecule has 43 heavy (non-hydrogen) atoms. The summed E-state index contributed by atoms with van der Waals surface area (Å²) in [5.41, 5.74) is 3.30. The Kier molecular flexibility index (Phi) is 9.01. The Morgan fingerprint density at radius 3 is 0.977 bits per heavy atom. The molecule has 0 amide bonds. The summed E-state index contributed by atoms with van der Waals surface area (Å²) in [5.74, 6) is 0.575. The molecule has 0 bridgehead atoms. The van der Waals surface area contributed by atoms with Gasteiger partial charge in [-0.25, -0.2) is 3.63 Å². The third-order valence-electron chi connectivity index (χ3n) is 7.70. The Bertz CT molecular complexity index is 1490. The van der Waals surface area contributed by atoms with Gasteiger partial charge in [0.25, 0.3) is 0 Å². The Balaban J connectivity index is 2.04. The number of hydrogen-bond acceptors (Lipinski definition) is 4. The van der Waals surface area contributed by atoms with Crippen LogP contribution in [0, 0.1) is 0 Å². The molecule has 0 heterocycles. The summed E-state index contributed by atoms with van der Waals surface area (Å²) in [4.78, 5) is 2.51. The van der Waals surface area contributed by atoms with Gasteiger partial charge in [-0.3, -0.25) is 0 Å². The third-order valence-corrected chi connectivity index (χ3v) is 12.9. The highest BCUT2D eigenvalue weighted by Crippen LogP contribution is 2.70. The molecule has 0 aliphatic heterocycles. The van der Waals surface area contributed by atoms with Gasteiger partial charge in [-0.2, -0.15) is 8.42 Å². The van der Waals surface area contributed by atoms with E-state index in [-0.39, 0.29) is 21.1 Å². The van der Waals surface area contributed by atoms with Crippen LogP contribution in [0.4, 0.5) is 0 Å². The van der Waals surface area contributed by atoms with E-state index in [1.54, 1.807) is 19.2 Å². The fourth-order valence-electron chi connectivity index (χ4n) is 4.88. The molecule has 4 aromatic carbocycles. The monoisotopic (exact) mass is 618 g/mol. The van der Waals surface area contributed by atoms with Crippen LogP contribution in [0.3, 0.4) is 0 Å². The van der Waals surface area contributed by atoms with Crippen molar-refractivity contribution in [2.75, 3.05) is 7.11 Å². The lowest BCUT2D eigenvalue weighted by Crippen LogP contribution is -2.17. The largest absolute Gasteiger partial charge is 0.497 e. The van der Waals surface area contributed by atoms with E-state index in [1.807, 2.05) is 36.4 Å². The maximum Gasteiger partial charge on any atom is 0.307 e. The van der Waals surface area contributed by atoms with Crippen molar-refractivity contribution in [1.82, 2.24) is 0 Å². The fourth-order valence-corrected chi connectivity index (χ4v) is 10.1. The molecule has 0 unspecified atom stereocenters. The predicted octanol–water partition coefficient (Wildman–Crippen LogP) is 10.2. The van der Waals surface area contributed by atoms with E-state index in [0.29, 0.717) is 5.75 Å². The quantitative estimate of drug-likeness (QED) is 0.207. The second-order valence-electron chi connectivity index (χ2n) is 14.1. The van der Waals surface area contributed by atoms with Gasteiger partial charge < -0.3 is 4.74 Å². The smallest absolute Gasteiger partial charge is 0.307 e. The molecule has 0 saturated carbocycles. The summed E-state index contributed by atoms with van der Waals surface area (Å²) in [6.07, 6.45) is 0. The number of benzene rings is 4. The highest BCUT2D eigenvalue weighted by atomic mass is 32.3. The van der Waals surface area contributed by atoms with Crippen molar-refractivity contribution in [3.8, 4) is 5.75 Å². The van der Waals surface area contributed by atoms with Gasteiger partial charge >= 0.3 is 10.1 Å². The molecule has 6 heteroatoms. The van der Waals surface area contributed by atoms with E-state index >= 15 is 0 Å². The van der Waals surface area contributed by atoms with Gasteiger partial charge in [0, 0.05) is 14.7 Å². The molecule has 0 aliphatic rings. The number of hydrogen-bond donors (Lipinski definition) is 0. The van der Waals surface area contributed by atoms with Gasteiger partial charge in [-0.15, -0.1) is 0 Å². The Labute approximate surface area is 261 Å². The first-order valence-electron chi connectivity index (χ1n) is 14.6. The first kappa shape index (κ1) is 32.8. The summed E-state index contributed by atoms with van der Waals surface area (Å²) < 4.78 is 40.3. The van der Waals surface area contributed by atoms with Crippen LogP contribution >= 0.6 is 10.3 Å². The maximum absolute atomic E-state index is 14.2. The highest BCUT2D eigenvalue weighted by molar-refractivity contribution is 8.33. The molecule has 4 aromatic rings. The number of rotatable bonds is 7. The lowest BCUT2D eigenvalue weighted by molar-refractivity contribution is 0.414. The topological polar surface area (TPSA) is 52.6 Å². The molecule has 0 radical (unpaired) electrons. The van der Waals surface area contributed by atoms with Crippen LogP contribution in [0.15, 0.2) is 117 Å². The van der Waals surface area contributed by atoms with Crippen LogP contribution in [0.1, 0.15) is 79.0 Å². The fraction of sp³-hybridized carbons (Fsp3) is 0.351. The molecule has 0 spiro atoms. The van der Waals surface area contributed by atoms with Crippen molar-refractivity contribution in [2.24, 2.45) is 0 Å². The Hall–Kier alpha value is -3.06. The molecule has 0 saturated heterocycles. The van der Waals surface area contributed by atoms with Crippen molar-refractivity contribution >= 4 is 20.4 Å². The third kappa shape index (κ3) is 7.03. The minimum absolute atomic E-state index is 0.0603. The minimum atomic E-state index is -4.22. The molecule has 0 fully saturated rings. The van der Waals surface area contributed by atoms with Gasteiger partial charge in [0.2, 0.25) is 0 Å². The zero-order valence-corrected chi connectivity index (χ0v) is 28.8. The van der Waals surface area contributed by atoms with E-state index in [9.17, 15) is 8.42 Å². The zero-order valence-electron chi connectivity index (χ0n) is 27.2. The molecule has 0 atom stereocenters. The van der Waals surface area contributed by atoms with Crippen LogP contribution in [-0.2, 0) is 30.0 Å². The summed E-state index contributed by atoms with van der Waals surface area (Å²) >= 11 is 0. The lowest BCUT2D eigenvalue weighted by atomic mass is 9.87. The first-order chi connectivity index (χ1) is 19.9. The second-order valence-corrected chi connectivity index (χ2v) is 18.5. The van der Waals surface area contributed by atoms with Crippen molar-refractivity contribution < 1.29 is 16.8 Å². The van der Waals surface area contributed by atoms with E-state index in [4.69, 9.17) is 8.37 Å². The van der Waals surface area contributed by atoms with Crippen molar-refractivity contribution in [3.63, 3.8) is 0 Å². The van der Waals surface area contributed by atoms with Gasteiger partial charge in [0.05, 0.1) is 12.0 Å².